The highest BCUT2D eigenvalue weighted by molar-refractivity contribution is 5.73. The molecule has 0 aliphatic carbocycles. The van der Waals surface area contributed by atoms with E-state index in [0.29, 0.717) is 18.6 Å². The summed E-state index contributed by atoms with van der Waals surface area (Å²) in [5, 5.41) is 3.26. The van der Waals surface area contributed by atoms with Gasteiger partial charge in [-0.15, -0.1) is 0 Å². The van der Waals surface area contributed by atoms with Crippen LogP contribution in [0.2, 0.25) is 0 Å². The maximum atomic E-state index is 11.3. The van der Waals surface area contributed by atoms with Crippen molar-refractivity contribution in [2.75, 3.05) is 13.2 Å². The lowest BCUT2D eigenvalue weighted by atomic mass is 9.94. The highest BCUT2D eigenvalue weighted by Crippen LogP contribution is 2.22. The Morgan fingerprint density at radius 1 is 1.58 bits per heavy atom. The van der Waals surface area contributed by atoms with Crippen LogP contribution in [0, 0.1) is 11.8 Å². The fourth-order valence-electron chi connectivity index (χ4n) is 1.58. The van der Waals surface area contributed by atoms with E-state index < -0.39 is 0 Å². The number of nitrogens with one attached hydrogen (secondary N) is 1. The molecular formula is C9H17NO2. The fourth-order valence-corrected chi connectivity index (χ4v) is 1.58. The monoisotopic (exact) mass is 171 g/mol. The number of rotatable bonds is 2. The standard InChI is InChI=1S/C9H17NO2/c1-4-12-9(11)8-5-10-7(3)6(8)2/h6-8,10H,4-5H2,1-3H3. The second-order valence-electron chi connectivity index (χ2n) is 3.41. The lowest BCUT2D eigenvalue weighted by Crippen LogP contribution is -2.24. The third kappa shape index (κ3) is 1.78. The van der Waals surface area contributed by atoms with E-state index in [1.165, 1.54) is 0 Å². The van der Waals surface area contributed by atoms with Crippen LogP contribution in [-0.2, 0) is 9.53 Å². The maximum absolute atomic E-state index is 11.3. The van der Waals surface area contributed by atoms with E-state index in [-0.39, 0.29) is 11.9 Å². The van der Waals surface area contributed by atoms with Gasteiger partial charge in [0, 0.05) is 12.6 Å². The van der Waals surface area contributed by atoms with E-state index >= 15 is 0 Å². The van der Waals surface area contributed by atoms with Crippen LogP contribution in [0.25, 0.3) is 0 Å². The van der Waals surface area contributed by atoms with Crippen LogP contribution in [0.1, 0.15) is 20.8 Å². The molecule has 1 fully saturated rings. The first-order chi connectivity index (χ1) is 5.66. The first-order valence-electron chi connectivity index (χ1n) is 4.56. The molecular weight excluding hydrogens is 154 g/mol. The number of esters is 1. The number of ether oxygens (including phenoxy) is 1. The number of hydrogen-bond donors (Lipinski definition) is 1. The van der Waals surface area contributed by atoms with Crippen LogP contribution in [-0.4, -0.2) is 25.2 Å². The summed E-state index contributed by atoms with van der Waals surface area (Å²) in [5.41, 5.74) is 0. The summed E-state index contributed by atoms with van der Waals surface area (Å²) in [4.78, 5) is 11.3. The van der Waals surface area contributed by atoms with E-state index in [0.717, 1.165) is 6.54 Å². The predicted molar refractivity (Wildman–Crippen MR) is 46.8 cm³/mol. The van der Waals surface area contributed by atoms with Crippen LogP contribution >= 0.6 is 0 Å². The zero-order valence-corrected chi connectivity index (χ0v) is 7.96. The lowest BCUT2D eigenvalue weighted by Gasteiger charge is -2.14. The molecule has 1 aliphatic rings. The Bertz CT molecular complexity index is 170. The van der Waals surface area contributed by atoms with Gasteiger partial charge in [0.05, 0.1) is 12.5 Å². The molecule has 12 heavy (non-hydrogen) atoms. The molecule has 3 atom stereocenters. The van der Waals surface area contributed by atoms with Gasteiger partial charge in [0.1, 0.15) is 0 Å². The maximum Gasteiger partial charge on any atom is 0.310 e. The van der Waals surface area contributed by atoms with Crippen molar-refractivity contribution in [3.05, 3.63) is 0 Å². The Morgan fingerprint density at radius 3 is 2.67 bits per heavy atom. The van der Waals surface area contributed by atoms with Gasteiger partial charge in [0.15, 0.2) is 0 Å². The largest absolute Gasteiger partial charge is 0.466 e. The highest BCUT2D eigenvalue weighted by atomic mass is 16.5. The zero-order valence-electron chi connectivity index (χ0n) is 7.96. The van der Waals surface area contributed by atoms with E-state index in [1.807, 2.05) is 6.92 Å². The molecule has 1 heterocycles. The van der Waals surface area contributed by atoms with Crippen molar-refractivity contribution in [1.82, 2.24) is 5.32 Å². The molecule has 0 saturated carbocycles. The van der Waals surface area contributed by atoms with Gasteiger partial charge in [-0.3, -0.25) is 4.79 Å². The second-order valence-corrected chi connectivity index (χ2v) is 3.41. The molecule has 3 nitrogen and oxygen atoms in total. The molecule has 70 valence electrons. The normalized spacial score (nSPS) is 35.1. The van der Waals surface area contributed by atoms with E-state index in [4.69, 9.17) is 4.74 Å². The van der Waals surface area contributed by atoms with Crippen molar-refractivity contribution in [3.8, 4) is 0 Å². The average molecular weight is 171 g/mol. The van der Waals surface area contributed by atoms with E-state index in [1.54, 1.807) is 0 Å². The topological polar surface area (TPSA) is 38.3 Å². The van der Waals surface area contributed by atoms with Gasteiger partial charge < -0.3 is 10.1 Å². The van der Waals surface area contributed by atoms with Crippen molar-refractivity contribution in [1.29, 1.82) is 0 Å². The SMILES string of the molecule is CCOC(=O)C1CNC(C)C1C. The summed E-state index contributed by atoms with van der Waals surface area (Å²) < 4.78 is 4.97. The first-order valence-corrected chi connectivity index (χ1v) is 4.56. The molecule has 0 amide bonds. The molecule has 0 bridgehead atoms. The fraction of sp³-hybridized carbons (Fsp3) is 0.889. The van der Waals surface area contributed by atoms with Gasteiger partial charge in [-0.25, -0.2) is 0 Å². The van der Waals surface area contributed by atoms with Crippen molar-refractivity contribution >= 4 is 5.97 Å². The van der Waals surface area contributed by atoms with Gasteiger partial charge in [0.2, 0.25) is 0 Å². The summed E-state index contributed by atoms with van der Waals surface area (Å²) in [7, 11) is 0. The molecule has 0 radical (unpaired) electrons. The lowest BCUT2D eigenvalue weighted by molar-refractivity contribution is -0.148. The molecule has 1 N–H and O–H groups in total. The minimum absolute atomic E-state index is 0.0538. The predicted octanol–water partition coefficient (Wildman–Crippen LogP) is 0.793. The summed E-state index contributed by atoms with van der Waals surface area (Å²) >= 11 is 0. The van der Waals surface area contributed by atoms with Gasteiger partial charge in [-0.05, 0) is 19.8 Å². The molecule has 0 aromatic heterocycles. The summed E-state index contributed by atoms with van der Waals surface area (Å²) in [6.07, 6.45) is 0. The summed E-state index contributed by atoms with van der Waals surface area (Å²) in [6.45, 7) is 7.28. The van der Waals surface area contributed by atoms with Crippen LogP contribution < -0.4 is 5.32 Å². The van der Waals surface area contributed by atoms with Gasteiger partial charge in [-0.1, -0.05) is 6.92 Å². The minimum atomic E-state index is -0.0538. The third-order valence-electron chi connectivity index (χ3n) is 2.67. The Kier molecular flexibility index (Phi) is 3.09. The van der Waals surface area contributed by atoms with Gasteiger partial charge in [-0.2, -0.15) is 0 Å². The smallest absolute Gasteiger partial charge is 0.310 e. The molecule has 1 rings (SSSR count). The Labute approximate surface area is 73.5 Å². The third-order valence-corrected chi connectivity index (χ3v) is 2.67. The summed E-state index contributed by atoms with van der Waals surface area (Å²) in [6, 6.07) is 0.430. The van der Waals surface area contributed by atoms with Crippen molar-refractivity contribution in [2.45, 2.75) is 26.8 Å². The summed E-state index contributed by atoms with van der Waals surface area (Å²) in [5.74, 6) is 0.394. The molecule has 0 aromatic rings. The molecule has 3 heteroatoms. The van der Waals surface area contributed by atoms with Crippen molar-refractivity contribution in [3.63, 3.8) is 0 Å². The zero-order chi connectivity index (χ0) is 9.14. The molecule has 0 spiro atoms. The van der Waals surface area contributed by atoms with Crippen LogP contribution in [0.4, 0.5) is 0 Å². The van der Waals surface area contributed by atoms with Crippen molar-refractivity contribution in [2.24, 2.45) is 11.8 Å². The number of carbonyl (C=O) groups excluding carboxylic acids is 1. The van der Waals surface area contributed by atoms with E-state index in [9.17, 15) is 4.79 Å². The highest BCUT2D eigenvalue weighted by Gasteiger charge is 2.35. The second kappa shape index (κ2) is 3.90. The Hall–Kier alpha value is -0.570. The van der Waals surface area contributed by atoms with Crippen LogP contribution in [0.15, 0.2) is 0 Å². The Balaban J connectivity index is 2.47. The number of hydrogen-bond acceptors (Lipinski definition) is 3. The molecule has 1 saturated heterocycles. The van der Waals surface area contributed by atoms with E-state index in [2.05, 4.69) is 19.2 Å². The number of carbonyl (C=O) groups is 1. The molecule has 1 aliphatic heterocycles. The minimum Gasteiger partial charge on any atom is -0.466 e. The van der Waals surface area contributed by atoms with Gasteiger partial charge >= 0.3 is 5.97 Å². The quantitative estimate of drug-likeness (QED) is 0.624. The first kappa shape index (κ1) is 9.52. The van der Waals surface area contributed by atoms with Crippen LogP contribution in [0.3, 0.4) is 0 Å². The molecule has 3 unspecified atom stereocenters. The van der Waals surface area contributed by atoms with Gasteiger partial charge in [0.25, 0.3) is 0 Å². The molecule has 0 aromatic carbocycles. The van der Waals surface area contributed by atoms with Crippen LogP contribution in [0.5, 0.6) is 0 Å². The van der Waals surface area contributed by atoms with Crippen molar-refractivity contribution < 1.29 is 9.53 Å². The Morgan fingerprint density at radius 2 is 2.25 bits per heavy atom. The average Bonchev–Trinajstić information content (AvgIpc) is 2.34.